The lowest BCUT2D eigenvalue weighted by Gasteiger charge is -2.13. The number of benzene rings is 1. The number of ether oxygens (including phenoxy) is 1. The van der Waals surface area contributed by atoms with Crippen LogP contribution in [0.1, 0.15) is 26.9 Å². The normalized spacial score (nSPS) is 15.8. The van der Waals surface area contributed by atoms with E-state index in [1.165, 1.54) is 11.3 Å². The van der Waals surface area contributed by atoms with E-state index in [-0.39, 0.29) is 5.91 Å². The summed E-state index contributed by atoms with van der Waals surface area (Å²) in [5, 5.41) is 15.5. The molecule has 1 aromatic heterocycles. The second kappa shape index (κ2) is 5.44. The zero-order chi connectivity index (χ0) is 14.1. The number of halogens is 1. The summed E-state index contributed by atoms with van der Waals surface area (Å²) < 4.78 is 5.48. The van der Waals surface area contributed by atoms with Crippen LogP contribution in [0.15, 0.2) is 29.6 Å². The van der Waals surface area contributed by atoms with Crippen LogP contribution in [0.5, 0.6) is 5.75 Å². The minimum absolute atomic E-state index is 0.191. The first-order valence-corrected chi connectivity index (χ1v) is 7.38. The first kappa shape index (κ1) is 13.4. The largest absolute Gasteiger partial charge is 0.491 e. The molecule has 2 N–H and O–H groups in total. The van der Waals surface area contributed by atoms with E-state index >= 15 is 0 Å². The van der Waals surface area contributed by atoms with E-state index in [0.717, 1.165) is 0 Å². The van der Waals surface area contributed by atoms with Crippen molar-refractivity contribution >= 4 is 28.8 Å². The summed E-state index contributed by atoms with van der Waals surface area (Å²) in [6.07, 6.45) is -0.844. The van der Waals surface area contributed by atoms with Crippen LogP contribution in [-0.4, -0.2) is 24.2 Å². The van der Waals surface area contributed by atoms with Gasteiger partial charge in [-0.25, -0.2) is 0 Å². The predicted molar refractivity (Wildman–Crippen MR) is 77.7 cm³/mol. The Morgan fingerprint density at radius 1 is 1.40 bits per heavy atom. The molecular weight excluding hydrogens is 298 g/mol. The van der Waals surface area contributed by atoms with Gasteiger partial charge in [-0.1, -0.05) is 17.7 Å². The average molecular weight is 310 g/mol. The van der Waals surface area contributed by atoms with E-state index < -0.39 is 6.10 Å². The molecule has 1 aromatic carbocycles. The summed E-state index contributed by atoms with van der Waals surface area (Å²) >= 11 is 7.41. The van der Waals surface area contributed by atoms with Gasteiger partial charge in [-0.15, -0.1) is 11.3 Å². The zero-order valence-electron chi connectivity index (χ0n) is 10.4. The number of hydrogen-bond acceptors (Lipinski definition) is 4. The number of rotatable bonds is 2. The molecule has 0 bridgehead atoms. The standard InChI is InChI=1S/C14H12ClNO3S/c15-10-3-6-20-13(10)12(17)8-1-2-11-9(7-8)14(18)16-4-5-19-11/h1-3,6-7,12,17H,4-5H2,(H,16,18). The molecule has 2 heterocycles. The van der Waals surface area contributed by atoms with E-state index in [2.05, 4.69) is 5.32 Å². The van der Waals surface area contributed by atoms with Gasteiger partial charge in [-0.05, 0) is 29.1 Å². The zero-order valence-corrected chi connectivity index (χ0v) is 12.0. The molecule has 1 amide bonds. The number of aliphatic hydroxyl groups is 1. The molecule has 0 radical (unpaired) electrons. The predicted octanol–water partition coefficient (Wildman–Crippen LogP) is 2.61. The highest BCUT2D eigenvalue weighted by Gasteiger charge is 2.21. The Balaban J connectivity index is 2.00. The molecule has 104 valence electrons. The molecule has 1 aliphatic rings. The summed E-state index contributed by atoms with van der Waals surface area (Å²) in [6, 6.07) is 6.85. The van der Waals surface area contributed by atoms with Crippen LogP contribution >= 0.6 is 22.9 Å². The highest BCUT2D eigenvalue weighted by molar-refractivity contribution is 7.10. The monoisotopic (exact) mass is 309 g/mol. The fourth-order valence-electron chi connectivity index (χ4n) is 2.09. The van der Waals surface area contributed by atoms with Gasteiger partial charge in [0, 0.05) is 0 Å². The Bertz CT molecular complexity index is 656. The lowest BCUT2D eigenvalue weighted by Crippen LogP contribution is -2.24. The number of thiophene rings is 1. The van der Waals surface area contributed by atoms with Crippen molar-refractivity contribution in [3.8, 4) is 5.75 Å². The summed E-state index contributed by atoms with van der Waals surface area (Å²) in [5.74, 6) is 0.344. The van der Waals surface area contributed by atoms with E-state index in [0.29, 0.717) is 39.9 Å². The summed E-state index contributed by atoms with van der Waals surface area (Å²) in [6.45, 7) is 0.916. The van der Waals surface area contributed by atoms with Crippen molar-refractivity contribution in [2.45, 2.75) is 6.10 Å². The molecule has 1 unspecified atom stereocenters. The van der Waals surface area contributed by atoms with Gasteiger partial charge in [0.25, 0.3) is 5.91 Å². The number of fused-ring (bicyclic) bond motifs is 1. The Kier molecular flexibility index (Phi) is 3.65. The van der Waals surface area contributed by atoms with Gasteiger partial charge in [0.05, 0.1) is 22.0 Å². The van der Waals surface area contributed by atoms with Gasteiger partial charge in [-0.2, -0.15) is 0 Å². The molecular formula is C14H12ClNO3S. The average Bonchev–Trinajstić information content (AvgIpc) is 2.79. The van der Waals surface area contributed by atoms with Gasteiger partial charge in [0.2, 0.25) is 0 Å². The summed E-state index contributed by atoms with van der Waals surface area (Å²) in [5.41, 5.74) is 1.06. The first-order chi connectivity index (χ1) is 9.66. The Hall–Kier alpha value is -1.56. The van der Waals surface area contributed by atoms with E-state index in [9.17, 15) is 9.90 Å². The van der Waals surface area contributed by atoms with Gasteiger partial charge < -0.3 is 15.2 Å². The number of carbonyl (C=O) groups excluding carboxylic acids is 1. The number of aliphatic hydroxyl groups excluding tert-OH is 1. The van der Waals surface area contributed by atoms with Crippen LogP contribution in [-0.2, 0) is 0 Å². The quantitative estimate of drug-likeness (QED) is 0.896. The maximum atomic E-state index is 11.9. The van der Waals surface area contributed by atoms with Crippen molar-refractivity contribution < 1.29 is 14.6 Å². The minimum atomic E-state index is -0.844. The van der Waals surface area contributed by atoms with Gasteiger partial charge in [0.15, 0.2) is 0 Å². The van der Waals surface area contributed by atoms with Gasteiger partial charge >= 0.3 is 0 Å². The van der Waals surface area contributed by atoms with Crippen LogP contribution in [0.25, 0.3) is 0 Å². The molecule has 4 nitrogen and oxygen atoms in total. The summed E-state index contributed by atoms with van der Waals surface area (Å²) in [7, 11) is 0. The summed E-state index contributed by atoms with van der Waals surface area (Å²) in [4.78, 5) is 12.6. The van der Waals surface area contributed by atoms with Crippen molar-refractivity contribution in [2.24, 2.45) is 0 Å². The van der Waals surface area contributed by atoms with E-state index in [1.54, 1.807) is 24.3 Å². The number of amides is 1. The number of carbonyl (C=O) groups is 1. The van der Waals surface area contributed by atoms with Crippen molar-refractivity contribution in [1.82, 2.24) is 5.32 Å². The van der Waals surface area contributed by atoms with Gasteiger partial charge in [0.1, 0.15) is 18.5 Å². The maximum absolute atomic E-state index is 11.9. The molecule has 20 heavy (non-hydrogen) atoms. The third-order valence-corrected chi connectivity index (χ3v) is 4.51. The van der Waals surface area contributed by atoms with E-state index in [1.807, 2.05) is 5.38 Å². The molecule has 0 saturated carbocycles. The highest BCUT2D eigenvalue weighted by atomic mass is 35.5. The minimum Gasteiger partial charge on any atom is -0.491 e. The van der Waals surface area contributed by atoms with Crippen molar-refractivity contribution in [3.05, 3.63) is 50.7 Å². The smallest absolute Gasteiger partial charge is 0.255 e. The third-order valence-electron chi connectivity index (χ3n) is 3.10. The molecule has 0 saturated heterocycles. The van der Waals surface area contributed by atoms with Crippen LogP contribution in [0, 0.1) is 0 Å². The lowest BCUT2D eigenvalue weighted by atomic mass is 10.0. The fourth-order valence-corrected chi connectivity index (χ4v) is 3.26. The van der Waals surface area contributed by atoms with Crippen molar-refractivity contribution in [3.63, 3.8) is 0 Å². The fraction of sp³-hybridized carbons (Fsp3) is 0.214. The molecule has 1 atom stereocenters. The van der Waals surface area contributed by atoms with Crippen LogP contribution in [0.2, 0.25) is 5.02 Å². The maximum Gasteiger partial charge on any atom is 0.255 e. The molecule has 1 aliphatic heterocycles. The third kappa shape index (κ3) is 2.40. The second-order valence-electron chi connectivity index (χ2n) is 4.40. The molecule has 2 aromatic rings. The van der Waals surface area contributed by atoms with Crippen LogP contribution in [0.4, 0.5) is 0 Å². The molecule has 0 fully saturated rings. The highest BCUT2D eigenvalue weighted by Crippen LogP contribution is 2.34. The Morgan fingerprint density at radius 3 is 3.00 bits per heavy atom. The Morgan fingerprint density at radius 2 is 2.25 bits per heavy atom. The lowest BCUT2D eigenvalue weighted by molar-refractivity contribution is 0.0957. The Labute approximate surface area is 125 Å². The second-order valence-corrected chi connectivity index (χ2v) is 5.75. The topological polar surface area (TPSA) is 58.6 Å². The van der Waals surface area contributed by atoms with Crippen LogP contribution < -0.4 is 10.1 Å². The van der Waals surface area contributed by atoms with Crippen LogP contribution in [0.3, 0.4) is 0 Å². The first-order valence-electron chi connectivity index (χ1n) is 6.12. The van der Waals surface area contributed by atoms with Crippen molar-refractivity contribution in [1.29, 1.82) is 0 Å². The number of nitrogens with one attached hydrogen (secondary N) is 1. The van der Waals surface area contributed by atoms with Crippen molar-refractivity contribution in [2.75, 3.05) is 13.2 Å². The molecule has 0 aliphatic carbocycles. The van der Waals surface area contributed by atoms with E-state index in [4.69, 9.17) is 16.3 Å². The molecule has 0 spiro atoms. The molecule has 6 heteroatoms. The number of hydrogen-bond donors (Lipinski definition) is 2. The van der Waals surface area contributed by atoms with Gasteiger partial charge in [-0.3, -0.25) is 4.79 Å². The SMILES string of the molecule is O=C1NCCOc2ccc(C(O)c3sccc3Cl)cc21. The molecule has 3 rings (SSSR count).